The van der Waals surface area contributed by atoms with E-state index in [9.17, 15) is 0 Å². The van der Waals surface area contributed by atoms with Crippen LogP contribution in [-0.2, 0) is 0 Å². The molecular formula is C10H11Br. The Morgan fingerprint density at radius 1 is 1.09 bits per heavy atom. The van der Waals surface area contributed by atoms with Crippen LogP contribution in [0.25, 0.3) is 0 Å². The molecule has 0 amide bonds. The molecule has 0 spiro atoms. The van der Waals surface area contributed by atoms with Crippen molar-refractivity contribution in [3.05, 3.63) is 24.3 Å². The van der Waals surface area contributed by atoms with Gasteiger partial charge in [0.05, 0.1) is 0 Å². The van der Waals surface area contributed by atoms with Crippen molar-refractivity contribution >= 4 is 15.9 Å². The molecule has 0 aromatic carbocycles. The molecule has 0 aromatic heterocycles. The first-order valence-electron chi connectivity index (χ1n) is 4.33. The lowest BCUT2D eigenvalue weighted by atomic mass is 9.92. The van der Waals surface area contributed by atoms with Crippen LogP contribution in [0.4, 0.5) is 0 Å². The molecule has 3 aliphatic carbocycles. The van der Waals surface area contributed by atoms with Crippen molar-refractivity contribution in [2.24, 2.45) is 10.8 Å². The average molecular weight is 211 g/mol. The summed E-state index contributed by atoms with van der Waals surface area (Å²) < 4.78 is 0. The number of hydrogen-bond acceptors (Lipinski definition) is 0. The molecule has 2 fully saturated rings. The molecule has 2 atom stereocenters. The smallest absolute Gasteiger partial charge is 0.0345 e. The first kappa shape index (κ1) is 6.47. The summed E-state index contributed by atoms with van der Waals surface area (Å²) in [6.45, 7) is 0. The van der Waals surface area contributed by atoms with E-state index >= 15 is 0 Å². The summed E-state index contributed by atoms with van der Waals surface area (Å²) in [5.74, 6) is 0. The molecule has 0 aliphatic heterocycles. The predicted octanol–water partition coefficient (Wildman–Crippen LogP) is 3.05. The Balaban J connectivity index is 2.15. The van der Waals surface area contributed by atoms with Crippen LogP contribution in [0.3, 0.4) is 0 Å². The van der Waals surface area contributed by atoms with E-state index < -0.39 is 0 Å². The molecule has 1 heteroatoms. The summed E-state index contributed by atoms with van der Waals surface area (Å²) in [7, 11) is 0. The molecule has 0 aromatic rings. The molecule has 3 rings (SSSR count). The Hall–Kier alpha value is -0.0400. The molecule has 2 unspecified atom stereocenters. The van der Waals surface area contributed by atoms with Gasteiger partial charge in [0.25, 0.3) is 0 Å². The maximum atomic E-state index is 3.80. The topological polar surface area (TPSA) is 0 Å². The molecular weight excluding hydrogens is 200 g/mol. The third-order valence-electron chi connectivity index (χ3n) is 3.77. The Morgan fingerprint density at radius 2 is 1.64 bits per heavy atom. The van der Waals surface area contributed by atoms with Crippen molar-refractivity contribution in [1.29, 1.82) is 0 Å². The van der Waals surface area contributed by atoms with Crippen molar-refractivity contribution < 1.29 is 0 Å². The van der Waals surface area contributed by atoms with E-state index in [1.54, 1.807) is 0 Å². The van der Waals surface area contributed by atoms with Crippen LogP contribution in [0.15, 0.2) is 24.3 Å². The third kappa shape index (κ3) is 0.488. The molecule has 0 N–H and O–H groups in total. The number of allylic oxidation sites excluding steroid dienone is 4. The quantitative estimate of drug-likeness (QED) is 0.540. The third-order valence-corrected chi connectivity index (χ3v) is 5.40. The first-order chi connectivity index (χ1) is 5.32. The monoisotopic (exact) mass is 210 g/mol. The fourth-order valence-corrected chi connectivity index (χ4v) is 4.57. The van der Waals surface area contributed by atoms with Gasteiger partial charge >= 0.3 is 0 Å². The van der Waals surface area contributed by atoms with Crippen molar-refractivity contribution in [2.45, 2.75) is 24.1 Å². The number of hydrogen-bond donors (Lipinski definition) is 0. The minimum atomic E-state index is 0.543. The van der Waals surface area contributed by atoms with Crippen LogP contribution in [0, 0.1) is 10.8 Å². The molecule has 3 aliphatic rings. The van der Waals surface area contributed by atoms with Crippen LogP contribution in [0.5, 0.6) is 0 Å². The lowest BCUT2D eigenvalue weighted by Crippen LogP contribution is -2.03. The lowest BCUT2D eigenvalue weighted by molar-refractivity contribution is 0.552. The van der Waals surface area contributed by atoms with Crippen molar-refractivity contribution in [3.63, 3.8) is 0 Å². The molecule has 58 valence electrons. The molecule has 2 saturated carbocycles. The number of halogens is 1. The summed E-state index contributed by atoms with van der Waals surface area (Å²) in [6, 6.07) is 0. The zero-order chi connectivity index (χ0) is 7.53. The minimum Gasteiger partial charge on any atom is -0.0871 e. The van der Waals surface area contributed by atoms with E-state index in [4.69, 9.17) is 0 Å². The van der Waals surface area contributed by atoms with Gasteiger partial charge in [0.15, 0.2) is 0 Å². The van der Waals surface area contributed by atoms with Crippen molar-refractivity contribution in [3.8, 4) is 0 Å². The lowest BCUT2D eigenvalue weighted by Gasteiger charge is -2.11. The second-order valence-electron chi connectivity index (χ2n) is 4.02. The summed E-state index contributed by atoms with van der Waals surface area (Å²) in [6.07, 6.45) is 13.5. The van der Waals surface area contributed by atoms with Gasteiger partial charge in [0.2, 0.25) is 0 Å². The maximum Gasteiger partial charge on any atom is 0.0345 e. The van der Waals surface area contributed by atoms with Crippen LogP contribution in [-0.4, -0.2) is 4.83 Å². The molecule has 0 bridgehead atoms. The normalized spacial score (nSPS) is 57.4. The summed E-state index contributed by atoms with van der Waals surface area (Å²) in [5, 5.41) is 0. The van der Waals surface area contributed by atoms with Gasteiger partial charge in [-0.15, -0.1) is 0 Å². The highest BCUT2D eigenvalue weighted by molar-refractivity contribution is 9.09. The van der Waals surface area contributed by atoms with Crippen LogP contribution >= 0.6 is 15.9 Å². The van der Waals surface area contributed by atoms with E-state index in [2.05, 4.69) is 40.2 Å². The van der Waals surface area contributed by atoms with E-state index in [0.717, 1.165) is 4.83 Å². The second-order valence-corrected chi connectivity index (χ2v) is 4.93. The van der Waals surface area contributed by atoms with E-state index in [-0.39, 0.29) is 0 Å². The summed E-state index contributed by atoms with van der Waals surface area (Å²) >= 11 is 3.80. The molecule has 11 heavy (non-hydrogen) atoms. The standard InChI is InChI=1S/C10H11Br/c11-8-9-4-1-2-5-10(8,9)7-3-6-9/h1-2,4-5,8H,3,6-7H2. The van der Waals surface area contributed by atoms with Gasteiger partial charge in [-0.25, -0.2) is 0 Å². The van der Waals surface area contributed by atoms with Crippen LogP contribution < -0.4 is 0 Å². The molecule has 0 nitrogen and oxygen atoms in total. The number of alkyl halides is 1. The summed E-state index contributed by atoms with van der Waals surface area (Å²) in [4.78, 5) is 0.742. The van der Waals surface area contributed by atoms with E-state index in [1.165, 1.54) is 19.3 Å². The highest BCUT2D eigenvalue weighted by Gasteiger charge is 2.74. The minimum absolute atomic E-state index is 0.543. The molecule has 0 radical (unpaired) electrons. The Labute approximate surface area is 75.5 Å². The average Bonchev–Trinajstić information content (AvgIpc) is 2.44. The van der Waals surface area contributed by atoms with Gasteiger partial charge in [-0.2, -0.15) is 0 Å². The fraction of sp³-hybridized carbons (Fsp3) is 0.600. The maximum absolute atomic E-state index is 3.80. The highest BCUT2D eigenvalue weighted by Crippen LogP contribution is 2.78. The van der Waals surface area contributed by atoms with E-state index in [1.807, 2.05) is 0 Å². The predicted molar refractivity (Wildman–Crippen MR) is 49.7 cm³/mol. The van der Waals surface area contributed by atoms with Gasteiger partial charge in [0, 0.05) is 15.7 Å². The van der Waals surface area contributed by atoms with Gasteiger partial charge < -0.3 is 0 Å². The SMILES string of the molecule is BrC1C23C=CC=CC12CCC3. The largest absolute Gasteiger partial charge is 0.0871 e. The molecule has 0 saturated heterocycles. The van der Waals surface area contributed by atoms with Gasteiger partial charge in [-0.1, -0.05) is 46.7 Å². The van der Waals surface area contributed by atoms with Crippen LogP contribution in [0.2, 0.25) is 0 Å². The second kappa shape index (κ2) is 1.66. The van der Waals surface area contributed by atoms with Crippen molar-refractivity contribution in [1.82, 2.24) is 0 Å². The molecule has 0 heterocycles. The zero-order valence-corrected chi connectivity index (χ0v) is 7.97. The Kier molecular flexibility index (Phi) is 0.976. The number of rotatable bonds is 0. The van der Waals surface area contributed by atoms with E-state index in [0.29, 0.717) is 10.8 Å². The zero-order valence-electron chi connectivity index (χ0n) is 6.39. The fourth-order valence-electron chi connectivity index (χ4n) is 3.09. The Morgan fingerprint density at radius 3 is 2.18 bits per heavy atom. The van der Waals surface area contributed by atoms with Crippen molar-refractivity contribution in [2.75, 3.05) is 0 Å². The van der Waals surface area contributed by atoms with Gasteiger partial charge in [-0.05, 0) is 12.8 Å². The first-order valence-corrected chi connectivity index (χ1v) is 5.25. The Bertz CT molecular complexity index is 240. The van der Waals surface area contributed by atoms with Gasteiger partial charge in [0.1, 0.15) is 0 Å². The summed E-state index contributed by atoms with van der Waals surface area (Å²) in [5.41, 5.74) is 1.09. The van der Waals surface area contributed by atoms with Crippen LogP contribution in [0.1, 0.15) is 19.3 Å². The van der Waals surface area contributed by atoms with Gasteiger partial charge in [-0.3, -0.25) is 0 Å². The highest BCUT2D eigenvalue weighted by atomic mass is 79.9.